The van der Waals surface area contributed by atoms with E-state index in [1.807, 2.05) is 29.6 Å². The Morgan fingerprint density at radius 3 is 2.88 bits per heavy atom. The van der Waals surface area contributed by atoms with Crippen LogP contribution in [-0.4, -0.2) is 43.9 Å². The van der Waals surface area contributed by atoms with Crippen LogP contribution in [0.3, 0.4) is 0 Å². The number of hydrogen-bond donors (Lipinski definition) is 0. The van der Waals surface area contributed by atoms with Gasteiger partial charge < -0.3 is 4.90 Å². The number of rotatable bonds is 5. The Kier molecular flexibility index (Phi) is 6.70. The zero-order chi connectivity index (χ0) is 17.1. The first-order valence-electron chi connectivity index (χ1n) is 8.69. The van der Waals surface area contributed by atoms with Gasteiger partial charge in [-0.1, -0.05) is 26.0 Å². The number of carbonyl (C=O) groups is 1. The van der Waals surface area contributed by atoms with Gasteiger partial charge in [-0.25, -0.2) is 4.98 Å². The second kappa shape index (κ2) is 8.56. The summed E-state index contributed by atoms with van der Waals surface area (Å²) in [7, 11) is 0. The van der Waals surface area contributed by atoms with Crippen LogP contribution >= 0.6 is 11.3 Å². The van der Waals surface area contributed by atoms with Crippen LogP contribution in [0, 0.1) is 19.8 Å². The van der Waals surface area contributed by atoms with Gasteiger partial charge in [0.25, 0.3) is 5.91 Å². The molecule has 0 aromatic carbocycles. The molecule has 1 fully saturated rings. The first-order chi connectivity index (χ1) is 11.6. The molecule has 7 heteroatoms. The normalized spacial score (nSPS) is 17.4. The van der Waals surface area contributed by atoms with E-state index in [2.05, 4.69) is 22.2 Å². The molecule has 0 saturated carbocycles. The molecule has 1 saturated heterocycles. The fraction of sp³-hybridized carbons (Fsp3) is 0.667. The summed E-state index contributed by atoms with van der Waals surface area (Å²) in [5.74, 6) is 0.571. The lowest BCUT2D eigenvalue weighted by atomic mass is 9.98. The van der Waals surface area contributed by atoms with E-state index in [-0.39, 0.29) is 13.3 Å². The Labute approximate surface area is 154 Å². The minimum absolute atomic E-state index is 0. The van der Waals surface area contributed by atoms with Gasteiger partial charge in [0.2, 0.25) is 0 Å². The quantitative estimate of drug-likeness (QED) is 0.816. The minimum atomic E-state index is 0. The van der Waals surface area contributed by atoms with Crippen molar-refractivity contribution in [2.24, 2.45) is 5.92 Å². The number of aryl methyl sites for hydroxylation is 3. The molecule has 0 radical (unpaired) electrons. The molecule has 0 spiro atoms. The fourth-order valence-corrected chi connectivity index (χ4v) is 4.22. The Bertz CT molecular complexity index is 708. The number of piperidine rings is 1. The topological polar surface area (TPSA) is 63.9 Å². The Hall–Kier alpha value is -1.76. The molecule has 2 aromatic heterocycles. The van der Waals surface area contributed by atoms with Gasteiger partial charge in [0.15, 0.2) is 0 Å². The standard InChI is InChI=1S/C17H25N5OS.CH4/c1-4-6-15-11-22(20-19-15)10-14-7-5-8-21(9-14)17(23)16-12(2)18-13(3)24-16;/h11,14H,4-10H2,1-3H3;1H4. The predicted octanol–water partition coefficient (Wildman–Crippen LogP) is 3.49. The third kappa shape index (κ3) is 4.66. The SMILES string of the molecule is C.CCCc1cn(CC2CCCN(C(=O)c3sc(C)nc3C)C2)nn1. The summed E-state index contributed by atoms with van der Waals surface area (Å²) in [4.78, 5) is 19.9. The summed E-state index contributed by atoms with van der Waals surface area (Å²) in [6.45, 7) is 8.48. The first-order valence-corrected chi connectivity index (χ1v) is 9.50. The molecule has 1 aliphatic rings. The number of carbonyl (C=O) groups excluding carboxylic acids is 1. The highest BCUT2D eigenvalue weighted by Gasteiger charge is 2.27. The number of likely N-dealkylation sites (tertiary alicyclic amines) is 1. The van der Waals surface area contributed by atoms with Crippen molar-refractivity contribution >= 4 is 17.2 Å². The lowest BCUT2D eigenvalue weighted by Crippen LogP contribution is -2.41. The average molecular weight is 364 g/mol. The Morgan fingerprint density at radius 1 is 1.40 bits per heavy atom. The molecule has 25 heavy (non-hydrogen) atoms. The van der Waals surface area contributed by atoms with Crippen LogP contribution in [0.25, 0.3) is 0 Å². The zero-order valence-electron chi connectivity index (χ0n) is 14.7. The Balaban J connectivity index is 0.00000225. The van der Waals surface area contributed by atoms with Crippen LogP contribution in [0.4, 0.5) is 0 Å². The summed E-state index contributed by atoms with van der Waals surface area (Å²) in [6.07, 6.45) is 6.27. The van der Waals surface area contributed by atoms with Crippen molar-refractivity contribution in [1.82, 2.24) is 24.9 Å². The van der Waals surface area contributed by atoms with Crippen molar-refractivity contribution in [1.29, 1.82) is 0 Å². The molecule has 0 N–H and O–H groups in total. The molecule has 3 heterocycles. The van der Waals surface area contributed by atoms with Gasteiger partial charge in [-0.15, -0.1) is 16.4 Å². The van der Waals surface area contributed by atoms with Gasteiger partial charge >= 0.3 is 0 Å². The summed E-state index contributed by atoms with van der Waals surface area (Å²) >= 11 is 1.50. The van der Waals surface area contributed by atoms with Crippen LogP contribution in [-0.2, 0) is 13.0 Å². The molecule has 3 rings (SSSR count). The van der Waals surface area contributed by atoms with Crippen LogP contribution < -0.4 is 0 Å². The van der Waals surface area contributed by atoms with Gasteiger partial charge in [0.1, 0.15) is 4.88 Å². The Morgan fingerprint density at radius 2 is 2.20 bits per heavy atom. The molecule has 138 valence electrons. The van der Waals surface area contributed by atoms with E-state index in [1.54, 1.807) is 0 Å². The van der Waals surface area contributed by atoms with Gasteiger partial charge in [0, 0.05) is 25.8 Å². The average Bonchev–Trinajstić information content (AvgIpc) is 3.13. The highest BCUT2D eigenvalue weighted by molar-refractivity contribution is 7.13. The minimum Gasteiger partial charge on any atom is -0.338 e. The van der Waals surface area contributed by atoms with Gasteiger partial charge in [0.05, 0.1) is 16.4 Å². The lowest BCUT2D eigenvalue weighted by molar-refractivity contribution is 0.0663. The largest absolute Gasteiger partial charge is 0.338 e. The van der Waals surface area contributed by atoms with E-state index in [0.717, 1.165) is 66.6 Å². The lowest BCUT2D eigenvalue weighted by Gasteiger charge is -2.32. The molecular formula is C18H29N5OS. The number of thiazole rings is 1. The molecule has 1 aliphatic heterocycles. The van der Waals surface area contributed by atoms with E-state index < -0.39 is 0 Å². The maximum atomic E-state index is 12.8. The van der Waals surface area contributed by atoms with Crippen molar-refractivity contribution < 1.29 is 4.79 Å². The first kappa shape index (κ1) is 19.6. The number of amides is 1. The van der Waals surface area contributed by atoms with Crippen molar-refractivity contribution in [2.75, 3.05) is 13.1 Å². The number of nitrogens with zero attached hydrogens (tertiary/aromatic N) is 5. The zero-order valence-corrected chi connectivity index (χ0v) is 15.5. The molecule has 1 atom stereocenters. The van der Waals surface area contributed by atoms with Gasteiger partial charge in [-0.2, -0.15) is 0 Å². The predicted molar refractivity (Wildman–Crippen MR) is 101 cm³/mol. The van der Waals surface area contributed by atoms with Crippen LogP contribution in [0.5, 0.6) is 0 Å². The molecule has 2 aromatic rings. The molecule has 0 aliphatic carbocycles. The smallest absolute Gasteiger partial charge is 0.265 e. The van der Waals surface area contributed by atoms with Crippen LogP contribution in [0.15, 0.2) is 6.20 Å². The summed E-state index contributed by atoms with van der Waals surface area (Å²) in [5, 5.41) is 9.40. The highest BCUT2D eigenvalue weighted by Crippen LogP contribution is 2.24. The van der Waals surface area contributed by atoms with Crippen LogP contribution in [0.2, 0.25) is 0 Å². The van der Waals surface area contributed by atoms with Gasteiger partial charge in [-0.05, 0) is 39.0 Å². The van der Waals surface area contributed by atoms with E-state index in [9.17, 15) is 4.79 Å². The van der Waals surface area contributed by atoms with E-state index in [0.29, 0.717) is 5.92 Å². The van der Waals surface area contributed by atoms with E-state index in [1.165, 1.54) is 11.3 Å². The van der Waals surface area contributed by atoms with Crippen molar-refractivity contribution in [3.05, 3.63) is 27.5 Å². The van der Waals surface area contributed by atoms with Crippen LogP contribution in [0.1, 0.15) is 59.7 Å². The molecule has 1 unspecified atom stereocenters. The third-order valence-corrected chi connectivity index (χ3v) is 5.50. The summed E-state index contributed by atoms with van der Waals surface area (Å²) in [6, 6.07) is 0. The fourth-order valence-electron chi connectivity index (χ4n) is 3.33. The van der Waals surface area contributed by atoms with Crippen molar-refractivity contribution in [3.8, 4) is 0 Å². The van der Waals surface area contributed by atoms with Crippen molar-refractivity contribution in [3.63, 3.8) is 0 Å². The monoisotopic (exact) mass is 363 g/mol. The summed E-state index contributed by atoms with van der Waals surface area (Å²) < 4.78 is 1.94. The molecule has 0 bridgehead atoms. The summed E-state index contributed by atoms with van der Waals surface area (Å²) in [5.41, 5.74) is 1.90. The maximum absolute atomic E-state index is 12.8. The van der Waals surface area contributed by atoms with E-state index in [4.69, 9.17) is 0 Å². The molecule has 1 amide bonds. The van der Waals surface area contributed by atoms with Gasteiger partial charge in [-0.3, -0.25) is 9.48 Å². The molecule has 6 nitrogen and oxygen atoms in total. The third-order valence-electron chi connectivity index (χ3n) is 4.44. The maximum Gasteiger partial charge on any atom is 0.265 e. The second-order valence-electron chi connectivity index (χ2n) is 6.59. The van der Waals surface area contributed by atoms with Crippen molar-refractivity contribution in [2.45, 2.75) is 60.4 Å². The number of hydrogen-bond acceptors (Lipinski definition) is 5. The highest BCUT2D eigenvalue weighted by atomic mass is 32.1. The van der Waals surface area contributed by atoms with E-state index >= 15 is 0 Å². The second-order valence-corrected chi connectivity index (χ2v) is 7.79. The molecular weight excluding hydrogens is 334 g/mol. The number of aromatic nitrogens is 4.